The number of nitrogens with two attached hydrogens (primary N) is 1. The van der Waals surface area contributed by atoms with Gasteiger partial charge in [-0.3, -0.25) is 0 Å². The quantitative estimate of drug-likeness (QED) is 0.559. The number of anilines is 1. The summed E-state index contributed by atoms with van der Waals surface area (Å²) in [6, 6.07) is 5.35. The lowest BCUT2D eigenvalue weighted by Gasteiger charge is -2.10. The van der Waals surface area contributed by atoms with Gasteiger partial charge < -0.3 is 19.9 Å². The SMILES string of the molecule is CCCCOCCOc1cc(OC)ccc1N. The average Bonchev–Trinajstić information content (AvgIpc) is 2.35. The fourth-order valence-corrected chi connectivity index (χ4v) is 1.33. The van der Waals surface area contributed by atoms with E-state index in [1.807, 2.05) is 0 Å². The Kier molecular flexibility index (Phi) is 6.25. The molecule has 17 heavy (non-hydrogen) atoms. The Morgan fingerprint density at radius 1 is 1.18 bits per heavy atom. The molecule has 0 aromatic heterocycles. The molecule has 0 spiro atoms. The largest absolute Gasteiger partial charge is 0.497 e. The van der Waals surface area contributed by atoms with Gasteiger partial charge in [0.2, 0.25) is 0 Å². The molecule has 0 fully saturated rings. The normalized spacial score (nSPS) is 10.2. The lowest BCUT2D eigenvalue weighted by Crippen LogP contribution is -2.08. The Bertz CT molecular complexity index is 328. The van der Waals surface area contributed by atoms with Gasteiger partial charge in [-0.15, -0.1) is 0 Å². The average molecular weight is 239 g/mol. The highest BCUT2D eigenvalue weighted by molar-refractivity contribution is 5.55. The van der Waals surface area contributed by atoms with E-state index in [2.05, 4.69) is 6.92 Å². The minimum atomic E-state index is 0.501. The molecule has 0 aliphatic carbocycles. The summed E-state index contributed by atoms with van der Waals surface area (Å²) in [5.41, 5.74) is 6.40. The van der Waals surface area contributed by atoms with Gasteiger partial charge in [0.1, 0.15) is 18.1 Å². The van der Waals surface area contributed by atoms with E-state index in [0.29, 0.717) is 24.7 Å². The van der Waals surface area contributed by atoms with Gasteiger partial charge in [0.25, 0.3) is 0 Å². The summed E-state index contributed by atoms with van der Waals surface area (Å²) in [6.45, 7) is 4.00. The number of ether oxygens (including phenoxy) is 3. The number of hydrogen-bond acceptors (Lipinski definition) is 4. The van der Waals surface area contributed by atoms with E-state index >= 15 is 0 Å². The molecule has 2 N–H and O–H groups in total. The van der Waals surface area contributed by atoms with Crippen molar-refractivity contribution >= 4 is 5.69 Å². The predicted octanol–water partition coefficient (Wildman–Crippen LogP) is 2.47. The Labute approximate surface area is 103 Å². The molecule has 1 aromatic rings. The second-order valence-corrected chi connectivity index (χ2v) is 3.72. The van der Waals surface area contributed by atoms with Crippen LogP contribution in [-0.2, 0) is 4.74 Å². The number of hydrogen-bond donors (Lipinski definition) is 1. The van der Waals surface area contributed by atoms with Crippen LogP contribution >= 0.6 is 0 Å². The minimum Gasteiger partial charge on any atom is -0.497 e. The molecular formula is C13H21NO3. The van der Waals surface area contributed by atoms with Crippen LogP contribution in [0.2, 0.25) is 0 Å². The summed E-state index contributed by atoms with van der Waals surface area (Å²) >= 11 is 0. The molecule has 0 atom stereocenters. The molecule has 0 radical (unpaired) electrons. The molecule has 0 heterocycles. The monoisotopic (exact) mass is 239 g/mol. The van der Waals surface area contributed by atoms with Gasteiger partial charge in [-0.2, -0.15) is 0 Å². The zero-order chi connectivity index (χ0) is 12.5. The van der Waals surface area contributed by atoms with Crippen molar-refractivity contribution in [3.63, 3.8) is 0 Å². The first-order valence-electron chi connectivity index (χ1n) is 5.92. The number of methoxy groups -OCH3 is 1. The summed E-state index contributed by atoms with van der Waals surface area (Å²) in [5.74, 6) is 1.38. The zero-order valence-corrected chi connectivity index (χ0v) is 10.6. The highest BCUT2D eigenvalue weighted by Gasteiger charge is 2.02. The van der Waals surface area contributed by atoms with E-state index in [9.17, 15) is 0 Å². The topological polar surface area (TPSA) is 53.7 Å². The molecule has 4 heteroatoms. The molecule has 0 unspecified atom stereocenters. The standard InChI is InChI=1S/C13H21NO3/c1-3-4-7-16-8-9-17-13-10-11(15-2)5-6-12(13)14/h5-6,10H,3-4,7-9,14H2,1-2H3. The fourth-order valence-electron chi connectivity index (χ4n) is 1.33. The molecule has 0 amide bonds. The lowest BCUT2D eigenvalue weighted by atomic mass is 10.3. The number of benzene rings is 1. The first-order chi connectivity index (χ1) is 8.27. The van der Waals surface area contributed by atoms with Crippen LogP contribution in [0.25, 0.3) is 0 Å². The van der Waals surface area contributed by atoms with Gasteiger partial charge in [0, 0.05) is 12.7 Å². The Morgan fingerprint density at radius 3 is 2.71 bits per heavy atom. The van der Waals surface area contributed by atoms with Crippen molar-refractivity contribution < 1.29 is 14.2 Å². The number of unbranched alkanes of at least 4 members (excludes halogenated alkanes) is 1. The zero-order valence-electron chi connectivity index (χ0n) is 10.6. The Morgan fingerprint density at radius 2 is 2.00 bits per heavy atom. The van der Waals surface area contributed by atoms with Crippen LogP contribution < -0.4 is 15.2 Å². The number of nitrogen functional groups attached to an aromatic ring is 1. The summed E-state index contributed by atoms with van der Waals surface area (Å²) < 4.78 is 16.0. The summed E-state index contributed by atoms with van der Waals surface area (Å²) in [5, 5.41) is 0. The van der Waals surface area contributed by atoms with Crippen molar-refractivity contribution in [3.05, 3.63) is 18.2 Å². The molecule has 1 rings (SSSR count). The van der Waals surface area contributed by atoms with Gasteiger partial charge in [-0.05, 0) is 18.6 Å². The third kappa shape index (κ3) is 4.95. The maximum absolute atomic E-state index is 5.79. The molecule has 0 aliphatic rings. The van der Waals surface area contributed by atoms with Crippen LogP contribution in [0, 0.1) is 0 Å². The van der Waals surface area contributed by atoms with E-state index in [-0.39, 0.29) is 0 Å². The van der Waals surface area contributed by atoms with Crippen LogP contribution in [0.1, 0.15) is 19.8 Å². The molecule has 4 nitrogen and oxygen atoms in total. The maximum Gasteiger partial charge on any atom is 0.145 e. The Balaban J connectivity index is 2.30. The lowest BCUT2D eigenvalue weighted by molar-refractivity contribution is 0.0982. The summed E-state index contributed by atoms with van der Waals surface area (Å²) in [6.07, 6.45) is 2.23. The number of rotatable bonds is 8. The van der Waals surface area contributed by atoms with Gasteiger partial charge >= 0.3 is 0 Å². The molecule has 96 valence electrons. The van der Waals surface area contributed by atoms with Gasteiger partial charge in [-0.1, -0.05) is 13.3 Å². The third-order valence-electron chi connectivity index (χ3n) is 2.35. The van der Waals surface area contributed by atoms with Crippen LogP contribution in [0.5, 0.6) is 11.5 Å². The maximum atomic E-state index is 5.79. The van der Waals surface area contributed by atoms with Crippen LogP contribution in [0.3, 0.4) is 0 Å². The van der Waals surface area contributed by atoms with Gasteiger partial charge in [-0.25, -0.2) is 0 Å². The van der Waals surface area contributed by atoms with Crippen LogP contribution in [-0.4, -0.2) is 26.9 Å². The summed E-state index contributed by atoms with van der Waals surface area (Å²) in [7, 11) is 1.61. The van der Waals surface area contributed by atoms with Crippen molar-refractivity contribution in [3.8, 4) is 11.5 Å². The van der Waals surface area contributed by atoms with Gasteiger partial charge in [0.15, 0.2) is 0 Å². The van der Waals surface area contributed by atoms with E-state index in [4.69, 9.17) is 19.9 Å². The molecule has 0 bridgehead atoms. The predicted molar refractivity (Wildman–Crippen MR) is 68.6 cm³/mol. The molecular weight excluding hydrogens is 218 g/mol. The minimum absolute atomic E-state index is 0.501. The van der Waals surface area contributed by atoms with Crippen LogP contribution in [0.4, 0.5) is 5.69 Å². The summed E-state index contributed by atoms with van der Waals surface area (Å²) in [4.78, 5) is 0. The van der Waals surface area contributed by atoms with Crippen molar-refractivity contribution in [1.29, 1.82) is 0 Å². The first kappa shape index (κ1) is 13.6. The second kappa shape index (κ2) is 7.79. The van der Waals surface area contributed by atoms with Crippen LogP contribution in [0.15, 0.2) is 18.2 Å². The van der Waals surface area contributed by atoms with E-state index in [1.54, 1.807) is 25.3 Å². The van der Waals surface area contributed by atoms with Crippen molar-refractivity contribution in [2.75, 3.05) is 32.7 Å². The highest BCUT2D eigenvalue weighted by atomic mass is 16.5. The van der Waals surface area contributed by atoms with E-state index in [1.165, 1.54) is 0 Å². The van der Waals surface area contributed by atoms with E-state index < -0.39 is 0 Å². The smallest absolute Gasteiger partial charge is 0.145 e. The second-order valence-electron chi connectivity index (χ2n) is 3.72. The van der Waals surface area contributed by atoms with Crippen molar-refractivity contribution in [2.45, 2.75) is 19.8 Å². The van der Waals surface area contributed by atoms with Crippen molar-refractivity contribution in [1.82, 2.24) is 0 Å². The fraction of sp³-hybridized carbons (Fsp3) is 0.538. The molecule has 0 aliphatic heterocycles. The Hall–Kier alpha value is -1.42. The van der Waals surface area contributed by atoms with E-state index in [0.717, 1.165) is 25.2 Å². The first-order valence-corrected chi connectivity index (χ1v) is 5.92. The highest BCUT2D eigenvalue weighted by Crippen LogP contribution is 2.26. The molecule has 0 saturated heterocycles. The van der Waals surface area contributed by atoms with Crippen molar-refractivity contribution in [2.24, 2.45) is 0 Å². The van der Waals surface area contributed by atoms with Gasteiger partial charge in [0.05, 0.1) is 19.4 Å². The molecule has 0 saturated carbocycles. The third-order valence-corrected chi connectivity index (χ3v) is 2.35. The molecule has 1 aromatic carbocycles.